The molecule has 1 rings (SSSR count). The lowest BCUT2D eigenvalue weighted by atomic mass is 9.75. The normalized spacial score (nSPS) is 24.2. The van der Waals surface area contributed by atoms with E-state index in [-0.39, 0.29) is 25.0 Å². The predicted octanol–water partition coefficient (Wildman–Crippen LogP) is 5.30. The summed E-state index contributed by atoms with van der Waals surface area (Å²) in [6, 6.07) is 0. The number of carbonyl (C=O) groups is 2. The van der Waals surface area contributed by atoms with Crippen LogP contribution in [0.2, 0.25) is 0 Å². The maximum absolute atomic E-state index is 13.8. The van der Waals surface area contributed by atoms with Crippen LogP contribution in [0.1, 0.15) is 84.0 Å². The standard InChI is InChI=1S/C21H33F2O4/c1-2-3-4-5-6-10-14-21(20(22)23)15-13-17(24)16(21)11-8-7-9-12-18(25)19(26)27/h10,14,16,18,25H,2-9,11-13,15H2,1H3,(H,26,27)/t16-,18?,21+/m0/s1. The largest absolute Gasteiger partial charge is 0.479 e. The van der Waals surface area contributed by atoms with Crippen molar-refractivity contribution < 1.29 is 28.6 Å². The lowest BCUT2D eigenvalue weighted by molar-refractivity contribution is -0.147. The third-order valence-electron chi connectivity index (χ3n) is 5.54. The number of hydrogen-bond donors (Lipinski definition) is 2. The Morgan fingerprint density at radius 2 is 1.93 bits per heavy atom. The van der Waals surface area contributed by atoms with Crippen molar-refractivity contribution in [1.82, 2.24) is 0 Å². The third-order valence-corrected chi connectivity index (χ3v) is 5.54. The summed E-state index contributed by atoms with van der Waals surface area (Å²) in [6.45, 7) is 2.12. The van der Waals surface area contributed by atoms with E-state index in [0.717, 1.165) is 32.1 Å². The van der Waals surface area contributed by atoms with Crippen LogP contribution in [0.25, 0.3) is 0 Å². The zero-order valence-electron chi connectivity index (χ0n) is 16.3. The molecule has 4 nitrogen and oxygen atoms in total. The smallest absolute Gasteiger partial charge is 0.332 e. The van der Waals surface area contributed by atoms with Gasteiger partial charge < -0.3 is 10.2 Å². The van der Waals surface area contributed by atoms with Gasteiger partial charge in [0.25, 0.3) is 0 Å². The molecule has 2 N–H and O–H groups in total. The number of ketones is 1. The maximum Gasteiger partial charge on any atom is 0.332 e. The molecule has 1 aliphatic rings. The maximum atomic E-state index is 13.8. The van der Waals surface area contributed by atoms with Crippen molar-refractivity contribution in [1.29, 1.82) is 0 Å². The first-order valence-corrected chi connectivity index (χ1v) is 10.1. The average Bonchev–Trinajstić information content (AvgIpc) is 2.94. The van der Waals surface area contributed by atoms with Crippen LogP contribution >= 0.6 is 0 Å². The number of aliphatic carboxylic acids is 1. The average molecular weight is 387 g/mol. The molecule has 1 fully saturated rings. The number of Topliss-reactive ketones (excluding diaryl/α,β-unsaturated/α-hetero) is 1. The van der Waals surface area contributed by atoms with Crippen LogP contribution in [0.15, 0.2) is 12.2 Å². The zero-order chi connectivity index (χ0) is 20.3. The number of hydrogen-bond acceptors (Lipinski definition) is 3. The Hall–Kier alpha value is -1.30. The Bertz CT molecular complexity index is 493. The number of aliphatic hydroxyl groups is 1. The van der Waals surface area contributed by atoms with Gasteiger partial charge in [-0.25, -0.2) is 4.79 Å². The van der Waals surface area contributed by atoms with E-state index in [9.17, 15) is 23.5 Å². The summed E-state index contributed by atoms with van der Waals surface area (Å²) in [7, 11) is 0. The highest BCUT2D eigenvalue weighted by Gasteiger charge is 2.53. The number of aliphatic hydroxyl groups excluding tert-OH is 1. The molecule has 1 aliphatic carbocycles. The van der Waals surface area contributed by atoms with E-state index in [1.54, 1.807) is 6.08 Å². The number of allylic oxidation sites excluding steroid dienone is 2. The van der Waals surface area contributed by atoms with Crippen LogP contribution < -0.4 is 0 Å². The molecule has 0 bridgehead atoms. The molecule has 3 atom stereocenters. The van der Waals surface area contributed by atoms with Gasteiger partial charge in [-0.1, -0.05) is 57.6 Å². The van der Waals surface area contributed by atoms with E-state index in [2.05, 4.69) is 6.92 Å². The summed E-state index contributed by atoms with van der Waals surface area (Å²) < 4.78 is 27.7. The topological polar surface area (TPSA) is 74.6 Å². The van der Waals surface area contributed by atoms with Crippen molar-refractivity contribution in [3.8, 4) is 0 Å². The Balaban J connectivity index is 2.56. The molecule has 0 spiro atoms. The molecule has 0 amide bonds. The van der Waals surface area contributed by atoms with Gasteiger partial charge in [0.05, 0.1) is 5.41 Å². The molecule has 155 valence electrons. The van der Waals surface area contributed by atoms with Crippen molar-refractivity contribution in [2.45, 2.75) is 90.1 Å². The molecule has 27 heavy (non-hydrogen) atoms. The summed E-state index contributed by atoms with van der Waals surface area (Å²) in [6.07, 6.45) is 7.93. The van der Waals surface area contributed by atoms with E-state index in [1.165, 1.54) is 0 Å². The second-order valence-electron chi connectivity index (χ2n) is 7.56. The highest BCUT2D eigenvalue weighted by molar-refractivity contribution is 5.85. The molecule has 0 heterocycles. The summed E-state index contributed by atoms with van der Waals surface area (Å²) in [5, 5.41) is 17.9. The van der Waals surface area contributed by atoms with E-state index >= 15 is 0 Å². The van der Waals surface area contributed by atoms with Gasteiger partial charge in [-0.2, -0.15) is 8.78 Å². The Morgan fingerprint density at radius 3 is 2.56 bits per heavy atom. The van der Waals surface area contributed by atoms with Crippen molar-refractivity contribution in [3.05, 3.63) is 18.6 Å². The van der Waals surface area contributed by atoms with Gasteiger partial charge >= 0.3 is 12.4 Å². The van der Waals surface area contributed by atoms with Crippen LogP contribution in [0, 0.1) is 17.8 Å². The lowest BCUT2D eigenvalue weighted by Gasteiger charge is -2.29. The first kappa shape index (κ1) is 23.7. The molecule has 6 heteroatoms. The summed E-state index contributed by atoms with van der Waals surface area (Å²) in [5.74, 6) is -2.05. The molecule has 0 aliphatic heterocycles. The van der Waals surface area contributed by atoms with Gasteiger partial charge in [0.2, 0.25) is 0 Å². The third kappa shape index (κ3) is 7.32. The highest BCUT2D eigenvalue weighted by Crippen LogP contribution is 2.52. The molecule has 1 radical (unpaired) electrons. The molecule has 0 saturated heterocycles. The van der Waals surface area contributed by atoms with Gasteiger partial charge in [-0.3, -0.25) is 4.79 Å². The van der Waals surface area contributed by atoms with Crippen molar-refractivity contribution in [2.24, 2.45) is 11.3 Å². The SMILES string of the molecule is CCCCCCC=C[C@@]1([C](F)F)CCC(=O)[C@@H]1CCCCCC(O)C(=O)O. The molecular formula is C21H33F2O4. The number of unbranched alkanes of at least 4 members (excludes halogenated alkanes) is 6. The van der Waals surface area contributed by atoms with Gasteiger partial charge in [-0.05, 0) is 32.1 Å². The number of halogens is 2. The van der Waals surface area contributed by atoms with E-state index in [0.29, 0.717) is 25.7 Å². The van der Waals surface area contributed by atoms with Gasteiger partial charge in [0, 0.05) is 12.3 Å². The second kappa shape index (κ2) is 12.2. The summed E-state index contributed by atoms with van der Waals surface area (Å²) in [4.78, 5) is 22.8. The second-order valence-corrected chi connectivity index (χ2v) is 7.56. The van der Waals surface area contributed by atoms with Crippen molar-refractivity contribution >= 4 is 11.8 Å². The fourth-order valence-corrected chi connectivity index (χ4v) is 3.84. The molecule has 1 unspecified atom stereocenters. The number of carboxylic acid groups (broad SMARTS) is 1. The van der Waals surface area contributed by atoms with Crippen LogP contribution in [0.4, 0.5) is 8.78 Å². The molecule has 0 aromatic rings. The number of carbonyl (C=O) groups excluding carboxylic acids is 1. The molecular weight excluding hydrogens is 354 g/mol. The molecule has 1 saturated carbocycles. The fourth-order valence-electron chi connectivity index (χ4n) is 3.84. The highest BCUT2D eigenvalue weighted by atomic mass is 19.3. The van der Waals surface area contributed by atoms with Gasteiger partial charge in [0.1, 0.15) is 5.78 Å². The van der Waals surface area contributed by atoms with Crippen LogP contribution in [0.5, 0.6) is 0 Å². The Kier molecular flexibility index (Phi) is 10.7. The first-order valence-electron chi connectivity index (χ1n) is 10.1. The number of carboxylic acids is 1. The van der Waals surface area contributed by atoms with Crippen LogP contribution in [0.3, 0.4) is 0 Å². The zero-order valence-corrected chi connectivity index (χ0v) is 16.3. The predicted molar refractivity (Wildman–Crippen MR) is 100 cm³/mol. The van der Waals surface area contributed by atoms with Gasteiger partial charge in [0.15, 0.2) is 6.10 Å². The van der Waals surface area contributed by atoms with Gasteiger partial charge in [-0.15, -0.1) is 0 Å². The van der Waals surface area contributed by atoms with E-state index in [4.69, 9.17) is 5.11 Å². The first-order chi connectivity index (χ1) is 12.8. The van der Waals surface area contributed by atoms with Crippen molar-refractivity contribution in [2.75, 3.05) is 0 Å². The minimum absolute atomic E-state index is 0.107. The molecule has 0 aromatic heterocycles. The van der Waals surface area contributed by atoms with Crippen LogP contribution in [-0.2, 0) is 9.59 Å². The van der Waals surface area contributed by atoms with Crippen LogP contribution in [-0.4, -0.2) is 28.1 Å². The fraction of sp³-hybridized carbons (Fsp3) is 0.762. The lowest BCUT2D eigenvalue weighted by Crippen LogP contribution is -2.30. The minimum atomic E-state index is -1.68. The molecule has 0 aromatic carbocycles. The van der Waals surface area contributed by atoms with E-state index in [1.807, 2.05) is 6.08 Å². The van der Waals surface area contributed by atoms with Crippen molar-refractivity contribution in [3.63, 3.8) is 0 Å². The minimum Gasteiger partial charge on any atom is -0.479 e. The Labute approximate surface area is 161 Å². The quantitative estimate of drug-likeness (QED) is 0.313. The summed E-state index contributed by atoms with van der Waals surface area (Å²) in [5.41, 5.74) is -1.43. The van der Waals surface area contributed by atoms with E-state index < -0.39 is 29.8 Å². The summed E-state index contributed by atoms with van der Waals surface area (Å²) >= 11 is 0. The number of rotatable bonds is 14. The Morgan fingerprint density at radius 1 is 1.22 bits per heavy atom. The monoisotopic (exact) mass is 387 g/mol.